The van der Waals surface area contributed by atoms with Crippen LogP contribution in [0.15, 0.2) is 0 Å². The van der Waals surface area contributed by atoms with Crippen LogP contribution in [0.5, 0.6) is 0 Å². The van der Waals surface area contributed by atoms with Gasteiger partial charge in [0.15, 0.2) is 0 Å². The smallest absolute Gasteiger partial charge is 0.408 e. The number of carbonyl (C=O) groups is 2. The first-order valence-corrected chi connectivity index (χ1v) is 5.18. The van der Waals surface area contributed by atoms with Crippen molar-refractivity contribution in [2.75, 3.05) is 7.11 Å². The second-order valence-electron chi connectivity index (χ2n) is 4.53. The van der Waals surface area contributed by atoms with Crippen LogP contribution in [0.2, 0.25) is 0 Å². The minimum Gasteiger partial charge on any atom is -0.444 e. The fourth-order valence-electron chi connectivity index (χ4n) is 1.00. The number of aliphatic hydroxyl groups is 1. The zero-order chi connectivity index (χ0) is 13.6. The van der Waals surface area contributed by atoms with Crippen molar-refractivity contribution in [2.24, 2.45) is 0 Å². The van der Waals surface area contributed by atoms with Crippen LogP contribution in [0.1, 0.15) is 27.7 Å². The second kappa shape index (κ2) is 6.41. The van der Waals surface area contributed by atoms with E-state index in [0.29, 0.717) is 0 Å². The third-order valence-corrected chi connectivity index (χ3v) is 1.64. The first-order chi connectivity index (χ1) is 7.67. The SMILES string of the molecule is CONC(=O)[C@@H](NC(=O)OC(C)(C)C)[C@@H](C)O. The number of hydrogen-bond acceptors (Lipinski definition) is 5. The normalized spacial score (nSPS) is 14.7. The Kier molecular flexibility index (Phi) is 5.90. The van der Waals surface area contributed by atoms with Gasteiger partial charge in [-0.15, -0.1) is 0 Å². The lowest BCUT2D eigenvalue weighted by molar-refractivity contribution is -0.136. The van der Waals surface area contributed by atoms with Gasteiger partial charge in [0.1, 0.15) is 11.6 Å². The molecular formula is C10H20N2O5. The number of hydroxylamine groups is 1. The summed E-state index contributed by atoms with van der Waals surface area (Å²) >= 11 is 0. The van der Waals surface area contributed by atoms with Gasteiger partial charge in [0.25, 0.3) is 5.91 Å². The molecule has 0 spiro atoms. The monoisotopic (exact) mass is 248 g/mol. The minimum absolute atomic E-state index is 0.659. The predicted molar refractivity (Wildman–Crippen MR) is 60.0 cm³/mol. The van der Waals surface area contributed by atoms with Crippen molar-refractivity contribution >= 4 is 12.0 Å². The number of hydrogen-bond donors (Lipinski definition) is 3. The predicted octanol–water partition coefficient (Wildman–Crippen LogP) is -0.0619. The van der Waals surface area contributed by atoms with Crippen molar-refractivity contribution in [3.8, 4) is 0 Å². The summed E-state index contributed by atoms with van der Waals surface area (Å²) in [5, 5.41) is 11.6. The zero-order valence-electron chi connectivity index (χ0n) is 10.7. The van der Waals surface area contributed by atoms with Crippen LogP contribution < -0.4 is 10.8 Å². The molecule has 17 heavy (non-hydrogen) atoms. The van der Waals surface area contributed by atoms with E-state index in [9.17, 15) is 14.7 Å². The number of amides is 2. The maximum absolute atomic E-state index is 11.4. The molecule has 0 unspecified atom stereocenters. The Morgan fingerprint density at radius 3 is 2.18 bits per heavy atom. The highest BCUT2D eigenvalue weighted by Crippen LogP contribution is 2.07. The molecule has 100 valence electrons. The standard InChI is InChI=1S/C10H20N2O5/c1-6(13)7(8(14)12-16-5)11-9(15)17-10(2,3)4/h6-7,13H,1-5H3,(H,11,15)(H,12,14)/t6-,7+/m1/s1. The number of alkyl carbamates (subject to hydrolysis) is 1. The van der Waals surface area contributed by atoms with Crippen molar-refractivity contribution in [3.05, 3.63) is 0 Å². The molecule has 7 heteroatoms. The molecule has 0 bridgehead atoms. The van der Waals surface area contributed by atoms with Crippen molar-refractivity contribution in [2.45, 2.75) is 45.4 Å². The molecular weight excluding hydrogens is 228 g/mol. The highest BCUT2D eigenvalue weighted by Gasteiger charge is 2.27. The Morgan fingerprint density at radius 2 is 1.82 bits per heavy atom. The molecule has 0 aliphatic rings. The fraction of sp³-hybridized carbons (Fsp3) is 0.800. The van der Waals surface area contributed by atoms with Crippen LogP contribution in [0.3, 0.4) is 0 Å². The number of nitrogens with one attached hydrogen (secondary N) is 2. The summed E-state index contributed by atoms with van der Waals surface area (Å²) in [6.45, 7) is 6.45. The van der Waals surface area contributed by atoms with Crippen molar-refractivity contribution in [1.82, 2.24) is 10.8 Å². The maximum Gasteiger partial charge on any atom is 0.408 e. The second-order valence-corrected chi connectivity index (χ2v) is 4.53. The highest BCUT2D eigenvalue weighted by atomic mass is 16.6. The van der Waals surface area contributed by atoms with Crippen LogP contribution in [-0.4, -0.2) is 42.0 Å². The molecule has 7 nitrogen and oxygen atoms in total. The van der Waals surface area contributed by atoms with Crippen molar-refractivity contribution in [3.63, 3.8) is 0 Å². The number of rotatable bonds is 4. The molecule has 3 N–H and O–H groups in total. The van der Waals surface area contributed by atoms with Gasteiger partial charge in [0, 0.05) is 0 Å². The van der Waals surface area contributed by atoms with E-state index < -0.39 is 29.7 Å². The fourth-order valence-corrected chi connectivity index (χ4v) is 1.00. The van der Waals surface area contributed by atoms with Gasteiger partial charge in [0.2, 0.25) is 0 Å². The molecule has 0 aliphatic carbocycles. The third kappa shape index (κ3) is 6.75. The molecule has 0 rings (SSSR count). The number of aliphatic hydroxyl groups excluding tert-OH is 1. The Bertz CT molecular complexity index is 272. The van der Waals surface area contributed by atoms with Crippen LogP contribution in [0.4, 0.5) is 4.79 Å². The van der Waals surface area contributed by atoms with Gasteiger partial charge >= 0.3 is 6.09 Å². The molecule has 0 radical (unpaired) electrons. The molecule has 0 saturated heterocycles. The summed E-state index contributed by atoms with van der Waals surface area (Å²) in [7, 11) is 1.25. The summed E-state index contributed by atoms with van der Waals surface area (Å²) in [5.41, 5.74) is 1.35. The molecule has 0 aromatic rings. The Hall–Kier alpha value is -1.34. The van der Waals surface area contributed by atoms with E-state index in [2.05, 4.69) is 10.2 Å². The van der Waals surface area contributed by atoms with Gasteiger partial charge in [-0.05, 0) is 27.7 Å². The molecule has 0 aliphatic heterocycles. The van der Waals surface area contributed by atoms with E-state index in [1.807, 2.05) is 5.48 Å². The molecule has 0 fully saturated rings. The average Bonchev–Trinajstić information content (AvgIpc) is 2.11. The summed E-state index contributed by atoms with van der Waals surface area (Å²) < 4.78 is 4.96. The van der Waals surface area contributed by atoms with Gasteiger partial charge in [-0.2, -0.15) is 0 Å². The lowest BCUT2D eigenvalue weighted by Gasteiger charge is -2.24. The van der Waals surface area contributed by atoms with E-state index in [0.717, 1.165) is 0 Å². The van der Waals surface area contributed by atoms with Gasteiger partial charge in [-0.25, -0.2) is 10.3 Å². The maximum atomic E-state index is 11.4. The summed E-state index contributed by atoms with van der Waals surface area (Å²) in [6.07, 6.45) is -1.85. The topological polar surface area (TPSA) is 96.9 Å². The molecule has 0 aromatic carbocycles. The van der Waals surface area contributed by atoms with E-state index >= 15 is 0 Å². The van der Waals surface area contributed by atoms with Crippen LogP contribution >= 0.6 is 0 Å². The quantitative estimate of drug-likeness (QED) is 0.605. The van der Waals surface area contributed by atoms with E-state index in [1.165, 1.54) is 14.0 Å². The number of carbonyl (C=O) groups excluding carboxylic acids is 2. The van der Waals surface area contributed by atoms with Crippen LogP contribution in [-0.2, 0) is 14.4 Å². The van der Waals surface area contributed by atoms with E-state index in [-0.39, 0.29) is 0 Å². The third-order valence-electron chi connectivity index (χ3n) is 1.64. The van der Waals surface area contributed by atoms with E-state index in [1.54, 1.807) is 20.8 Å². The Labute approximate surface area is 100 Å². The summed E-state index contributed by atoms with van der Waals surface area (Å²) in [4.78, 5) is 27.3. The van der Waals surface area contributed by atoms with Crippen molar-refractivity contribution in [1.29, 1.82) is 0 Å². The lowest BCUT2D eigenvalue weighted by Crippen LogP contribution is -2.53. The van der Waals surface area contributed by atoms with Crippen LogP contribution in [0, 0.1) is 0 Å². The van der Waals surface area contributed by atoms with Gasteiger partial charge < -0.3 is 15.2 Å². The number of ether oxygens (including phenoxy) is 1. The zero-order valence-corrected chi connectivity index (χ0v) is 10.7. The van der Waals surface area contributed by atoms with Gasteiger partial charge in [-0.3, -0.25) is 9.63 Å². The molecule has 2 amide bonds. The lowest BCUT2D eigenvalue weighted by atomic mass is 10.2. The molecule has 2 atom stereocenters. The summed E-state index contributed by atoms with van der Waals surface area (Å²) in [6, 6.07) is -1.13. The van der Waals surface area contributed by atoms with E-state index in [4.69, 9.17) is 4.74 Å². The van der Waals surface area contributed by atoms with Gasteiger partial charge in [0.05, 0.1) is 13.2 Å². The van der Waals surface area contributed by atoms with Crippen molar-refractivity contribution < 1.29 is 24.3 Å². The first kappa shape index (κ1) is 15.7. The summed E-state index contributed by atoms with van der Waals surface area (Å²) in [5.74, 6) is -0.659. The van der Waals surface area contributed by atoms with Crippen LogP contribution in [0.25, 0.3) is 0 Å². The first-order valence-electron chi connectivity index (χ1n) is 5.18. The average molecular weight is 248 g/mol. The Balaban J connectivity index is 4.46. The van der Waals surface area contributed by atoms with Gasteiger partial charge in [-0.1, -0.05) is 0 Å². The minimum atomic E-state index is -1.13. The molecule has 0 saturated carbocycles. The molecule has 0 aromatic heterocycles. The largest absolute Gasteiger partial charge is 0.444 e. The molecule has 0 heterocycles. The Morgan fingerprint density at radius 1 is 1.29 bits per heavy atom. The highest BCUT2D eigenvalue weighted by molar-refractivity contribution is 5.85.